The van der Waals surface area contributed by atoms with Crippen LogP contribution >= 0.6 is 15.6 Å². The molecular formula is C91H160O16P2. The van der Waals surface area contributed by atoms with Crippen molar-refractivity contribution in [2.75, 3.05) is 39.6 Å². The minimum Gasteiger partial charge on any atom is -0.463 e. The van der Waals surface area contributed by atoms with E-state index in [0.29, 0.717) is 19.3 Å². The average Bonchev–Trinajstić information content (AvgIpc) is 0.901. The Morgan fingerprint density at radius 2 is 0.486 bits per heavy atom. The van der Waals surface area contributed by atoms with Crippen molar-refractivity contribution in [3.63, 3.8) is 0 Å². The summed E-state index contributed by atoms with van der Waals surface area (Å²) in [6.45, 7) is 2.56. The van der Waals surface area contributed by atoms with E-state index in [1.165, 1.54) is 186 Å². The smallest absolute Gasteiger partial charge is 0.463 e. The molecule has 0 aromatic rings. The first-order valence-electron chi connectivity index (χ1n) is 43.8. The van der Waals surface area contributed by atoms with Gasteiger partial charge in [-0.05, 0) is 135 Å². The summed E-state index contributed by atoms with van der Waals surface area (Å²) in [5.74, 6) is -1.57. The zero-order chi connectivity index (χ0) is 79.4. The minimum atomic E-state index is -4.93. The molecule has 16 nitrogen and oxygen atoms in total. The van der Waals surface area contributed by atoms with Crippen LogP contribution < -0.4 is 0 Å². The van der Waals surface area contributed by atoms with E-state index in [1.807, 2.05) is 0 Å². The van der Waals surface area contributed by atoms with Crippen LogP contribution in [0.25, 0.3) is 0 Å². The van der Waals surface area contributed by atoms with Crippen LogP contribution in [0.4, 0.5) is 0 Å². The minimum absolute atomic E-state index is 0.0946. The summed E-state index contributed by atoms with van der Waals surface area (Å²) in [6, 6.07) is 0. The molecule has 0 radical (unpaired) electrons. The fourth-order valence-corrected chi connectivity index (χ4v) is 13.6. The number of aliphatic hydroxyl groups is 2. The molecule has 0 saturated carbocycles. The van der Waals surface area contributed by atoms with Crippen LogP contribution in [0, 0.1) is 0 Å². The van der Waals surface area contributed by atoms with Gasteiger partial charge >= 0.3 is 33.6 Å². The van der Waals surface area contributed by atoms with E-state index in [2.05, 4.69) is 142 Å². The van der Waals surface area contributed by atoms with Gasteiger partial charge < -0.3 is 34.2 Å². The molecule has 0 saturated heterocycles. The highest BCUT2D eigenvalue weighted by Gasteiger charge is 2.29. The largest absolute Gasteiger partial charge is 0.472 e. The van der Waals surface area contributed by atoms with E-state index in [0.717, 1.165) is 135 Å². The molecule has 0 aromatic heterocycles. The molecule has 0 spiro atoms. The number of hydrogen-bond acceptors (Lipinski definition) is 14. The Morgan fingerprint density at radius 3 is 0.798 bits per heavy atom. The summed E-state index contributed by atoms with van der Waals surface area (Å²) in [7, 11) is -9.79. The second-order valence-corrected chi connectivity index (χ2v) is 32.2. The number of phosphoric acid groups is 2. The van der Waals surface area contributed by atoms with Crippen LogP contribution in [0.2, 0.25) is 0 Å². The summed E-state index contributed by atoms with van der Waals surface area (Å²) in [4.78, 5) is 58.8. The van der Waals surface area contributed by atoms with Gasteiger partial charge in [0.15, 0.2) is 6.10 Å². The highest BCUT2D eigenvalue weighted by atomic mass is 31.2. The molecule has 0 aliphatic rings. The van der Waals surface area contributed by atoms with Crippen molar-refractivity contribution in [3.8, 4) is 0 Å². The molecule has 0 aromatic carbocycles. The zero-order valence-electron chi connectivity index (χ0n) is 69.2. The third-order valence-electron chi connectivity index (χ3n) is 18.6. The number of ether oxygens (including phenoxy) is 3. The van der Waals surface area contributed by atoms with Crippen molar-refractivity contribution in [2.24, 2.45) is 0 Å². The van der Waals surface area contributed by atoms with Crippen LogP contribution in [0.15, 0.2) is 122 Å². The van der Waals surface area contributed by atoms with Gasteiger partial charge in [0.25, 0.3) is 0 Å². The molecule has 630 valence electrons. The molecule has 0 aliphatic carbocycles. The maximum Gasteiger partial charge on any atom is 0.472 e. The number of hydrogen-bond donors (Lipinski definition) is 4. The number of esters is 3. The van der Waals surface area contributed by atoms with Crippen molar-refractivity contribution < 1.29 is 75.8 Å². The van der Waals surface area contributed by atoms with Gasteiger partial charge in [-0.3, -0.25) is 32.5 Å². The maximum absolute atomic E-state index is 13.0. The van der Waals surface area contributed by atoms with Crippen LogP contribution in [0.3, 0.4) is 0 Å². The lowest BCUT2D eigenvalue weighted by Gasteiger charge is -2.21. The molecule has 109 heavy (non-hydrogen) atoms. The molecule has 5 atom stereocenters. The van der Waals surface area contributed by atoms with E-state index in [1.54, 1.807) is 0 Å². The van der Waals surface area contributed by atoms with E-state index in [-0.39, 0.29) is 19.3 Å². The van der Waals surface area contributed by atoms with Gasteiger partial charge in [-0.15, -0.1) is 0 Å². The van der Waals surface area contributed by atoms with Crippen LogP contribution in [-0.4, -0.2) is 95.9 Å². The summed E-state index contributed by atoms with van der Waals surface area (Å²) < 4.78 is 61.3. The fraction of sp³-hybridized carbons (Fsp3) is 0.747. The third kappa shape index (κ3) is 84.7. The summed E-state index contributed by atoms with van der Waals surface area (Å²) in [5, 5.41) is 20.7. The van der Waals surface area contributed by atoms with Crippen LogP contribution in [0.1, 0.15) is 380 Å². The monoisotopic (exact) mass is 1570 g/mol. The molecule has 4 N–H and O–H groups in total. The van der Waals surface area contributed by atoms with E-state index in [9.17, 15) is 43.5 Å². The van der Waals surface area contributed by atoms with Crippen molar-refractivity contribution in [1.82, 2.24) is 0 Å². The topological polar surface area (TPSA) is 231 Å². The first-order valence-corrected chi connectivity index (χ1v) is 46.8. The van der Waals surface area contributed by atoms with E-state index >= 15 is 0 Å². The van der Waals surface area contributed by atoms with Crippen molar-refractivity contribution >= 4 is 33.6 Å². The van der Waals surface area contributed by atoms with Gasteiger partial charge in [-0.25, -0.2) is 9.13 Å². The maximum atomic E-state index is 13.0. The second kappa shape index (κ2) is 83.4. The van der Waals surface area contributed by atoms with Crippen molar-refractivity contribution in [1.29, 1.82) is 0 Å². The first kappa shape index (κ1) is 105. The molecule has 5 unspecified atom stereocenters. The predicted molar refractivity (Wildman–Crippen MR) is 454 cm³/mol. The molecule has 0 heterocycles. The Balaban J connectivity index is 4.43. The van der Waals surface area contributed by atoms with Crippen molar-refractivity contribution in [2.45, 2.75) is 399 Å². The van der Waals surface area contributed by atoms with Gasteiger partial charge in [0.05, 0.1) is 26.4 Å². The second-order valence-electron chi connectivity index (χ2n) is 29.3. The summed E-state index contributed by atoms with van der Waals surface area (Å²) >= 11 is 0. The summed E-state index contributed by atoms with van der Waals surface area (Å²) in [5.41, 5.74) is 0. The van der Waals surface area contributed by atoms with Crippen LogP contribution in [-0.2, 0) is 55.8 Å². The van der Waals surface area contributed by atoms with Gasteiger partial charge in [0, 0.05) is 19.3 Å². The Bertz CT molecular complexity index is 2460. The number of allylic oxidation sites excluding steroid dienone is 20. The Labute approximate surface area is 665 Å². The third-order valence-corrected chi connectivity index (χ3v) is 20.5. The molecule has 0 bridgehead atoms. The molecule has 0 fully saturated rings. The predicted octanol–water partition coefficient (Wildman–Crippen LogP) is 26.4. The van der Waals surface area contributed by atoms with Crippen LogP contribution in [0.5, 0.6) is 0 Å². The Morgan fingerprint density at radius 1 is 0.266 bits per heavy atom. The quantitative estimate of drug-likeness (QED) is 0.0146. The highest BCUT2D eigenvalue weighted by Crippen LogP contribution is 2.45. The Kier molecular flexibility index (Phi) is 80.3. The SMILES string of the molecule is CC/C=C\C/C=C\C/C=C\C/C=C\C/C=C\CCCCCCCCCCCCCCCC(=O)OCC(COP(=O)(O)OCC(O)COP(=O)(O)OCC(O)COC(=O)CCCCCCCCCCCCCCCCC/C=C\C/C=C\C/C=C\C/C=C\CCCCC)OC(=O)CCCCCCC/C=C\CCCCCC. The lowest BCUT2D eigenvalue weighted by molar-refractivity contribution is -0.161. The number of rotatable bonds is 83. The standard InChI is InChI=1S/C91H160O16P2/c1-4-7-10-13-16-19-22-25-27-29-31-33-35-37-39-41-42-44-46-47-49-51-53-55-57-60-62-65-68-71-74-77-89(94)101-80-86(92)81-103-108(97,98)104-82-87(93)83-105-109(99,100)106-85-88(107-91(96)79-76-73-70-67-64-59-24-21-18-15-12-9-6-3)84-102-90(95)78-75-72-69-66-63-61-58-56-54-52-50-48-45-43-40-38-36-34-32-30-28-26-23-20-17-14-11-8-5-2/h8,11,16-17,19-21,24-28,31-34,37-40,86-88,92-93H,4-7,9-10,12-15,18,22-23,29-30,35-36,41-85H2,1-3H3,(H,97,98)(H,99,100)/b11-8-,19-16-,20-17-,24-21-,27-25-,28-26-,33-31-,34-32-,39-37-,40-38-. The highest BCUT2D eigenvalue weighted by molar-refractivity contribution is 7.47. The van der Waals surface area contributed by atoms with Gasteiger partial charge in [-0.1, -0.05) is 348 Å². The average molecular weight is 1570 g/mol. The lowest BCUT2D eigenvalue weighted by atomic mass is 10.0. The normalized spacial score (nSPS) is 14.4. The molecule has 0 aliphatic heterocycles. The van der Waals surface area contributed by atoms with Crippen molar-refractivity contribution in [3.05, 3.63) is 122 Å². The van der Waals surface area contributed by atoms with E-state index < -0.39 is 91.5 Å². The molecule has 18 heteroatoms. The lowest BCUT2D eigenvalue weighted by Crippen LogP contribution is -2.30. The zero-order valence-corrected chi connectivity index (χ0v) is 71.0. The van der Waals surface area contributed by atoms with Gasteiger partial charge in [0.1, 0.15) is 25.4 Å². The first-order chi connectivity index (χ1) is 53.2. The molecular weight excluding hydrogens is 1410 g/mol. The number of phosphoric ester groups is 2. The number of aliphatic hydroxyl groups excluding tert-OH is 2. The number of carbonyl (C=O) groups is 3. The number of carbonyl (C=O) groups excluding carboxylic acids is 3. The molecule has 0 amide bonds. The fourth-order valence-electron chi connectivity index (χ4n) is 12.0. The number of unbranched alkanes of at least 4 members (excludes halogenated alkanes) is 40. The summed E-state index contributed by atoms with van der Waals surface area (Å²) in [6.07, 6.45) is 101. The van der Waals surface area contributed by atoms with Gasteiger partial charge in [-0.2, -0.15) is 0 Å². The van der Waals surface area contributed by atoms with Gasteiger partial charge in [0.2, 0.25) is 0 Å². The molecule has 0 rings (SSSR count). The van der Waals surface area contributed by atoms with E-state index in [4.69, 9.17) is 32.3 Å². The Hall–Kier alpha value is -4.05.